The fraction of sp³-hybridized carbons (Fsp3) is 0.260. The summed E-state index contributed by atoms with van der Waals surface area (Å²) in [5.41, 5.74) is 14.1. The van der Waals surface area contributed by atoms with Crippen molar-refractivity contribution in [3.8, 4) is 0 Å². The van der Waals surface area contributed by atoms with Crippen LogP contribution in [0.4, 0.5) is 4.79 Å². The molecule has 1 aliphatic heterocycles. The Hall–Kier alpha value is -4.51. The molecule has 1 N–H and O–H groups in total. The number of rotatable bonds is 16. The summed E-state index contributed by atoms with van der Waals surface area (Å²) in [4.78, 5) is 10.9. The third-order valence-electron chi connectivity index (χ3n) is 9.76. The quantitative estimate of drug-likeness (QED) is 0.0901. The summed E-state index contributed by atoms with van der Waals surface area (Å²) < 4.78 is 34.3. The van der Waals surface area contributed by atoms with Crippen LogP contribution in [0.25, 0.3) is 5.73 Å². The Morgan fingerprint density at radius 3 is 1.51 bits per heavy atom. The van der Waals surface area contributed by atoms with E-state index in [4.69, 9.17) is 29.4 Å². The van der Waals surface area contributed by atoms with E-state index in [2.05, 4.69) is 91.0 Å². The molecule has 5 atom stereocenters. The van der Waals surface area contributed by atoms with Gasteiger partial charge in [-0.1, -0.05) is 160 Å². The van der Waals surface area contributed by atoms with Crippen LogP contribution in [-0.4, -0.2) is 56.0 Å². The van der Waals surface area contributed by atoms with Gasteiger partial charge in [0.1, 0.15) is 30.5 Å². The first-order chi connectivity index (χ1) is 28.4. The van der Waals surface area contributed by atoms with Crippen molar-refractivity contribution in [3.63, 3.8) is 0 Å². The van der Waals surface area contributed by atoms with Crippen LogP contribution in [0.5, 0.6) is 0 Å². The topological polar surface area (TPSA) is 90.3 Å². The van der Waals surface area contributed by atoms with Crippen LogP contribution in [0.3, 0.4) is 0 Å². The van der Waals surface area contributed by atoms with Crippen LogP contribution in [-0.2, 0) is 89.2 Å². The maximum Gasteiger partial charge on any atom is 0.152 e. The summed E-state index contributed by atoms with van der Waals surface area (Å²) in [5, 5.41) is 0. The number of carbonyl (C=O) groups excluding carboxylic acids is 1. The van der Waals surface area contributed by atoms with Crippen molar-refractivity contribution in [2.24, 2.45) is 0 Å². The van der Waals surface area contributed by atoms with E-state index in [1.54, 1.807) is 0 Å². The van der Waals surface area contributed by atoms with Gasteiger partial charge in [-0.05, 0) is 39.8 Å². The average Bonchev–Trinajstić information content (AvgIpc) is 3.26. The zero-order valence-electron chi connectivity index (χ0n) is 33.8. The molecule has 6 aromatic rings. The summed E-state index contributed by atoms with van der Waals surface area (Å²) in [6.07, 6.45) is -1.55. The molecule has 1 radical (unpaired) electrons. The van der Waals surface area contributed by atoms with Gasteiger partial charge in [-0.25, -0.2) is 0 Å². The zero-order valence-corrected chi connectivity index (χ0v) is 36.6. The summed E-state index contributed by atoms with van der Waals surface area (Å²) in [5.74, 6) is 0. The number of benzene rings is 6. The fourth-order valence-electron chi connectivity index (χ4n) is 6.71. The second kappa shape index (κ2) is 24.5. The van der Waals surface area contributed by atoms with Crippen LogP contribution in [0.15, 0.2) is 170 Å². The third-order valence-corrected chi connectivity index (χ3v) is 9.76. The monoisotopic (exact) mass is 865 g/mol. The molecule has 59 heavy (non-hydrogen) atoms. The van der Waals surface area contributed by atoms with Crippen LogP contribution < -0.4 is 0 Å². The van der Waals surface area contributed by atoms with Crippen molar-refractivity contribution in [1.29, 1.82) is 0 Å². The molecule has 1 fully saturated rings. The van der Waals surface area contributed by atoms with Gasteiger partial charge in [-0.15, -0.1) is 0 Å². The number of ether oxygens (including phenoxy) is 5. The molecular weight excluding hydrogens is 813 g/mol. The van der Waals surface area contributed by atoms with E-state index in [9.17, 15) is 4.79 Å². The molecule has 1 saturated heterocycles. The zero-order chi connectivity index (χ0) is 40.4. The van der Waals surface area contributed by atoms with Gasteiger partial charge in [0, 0.05) is 32.7 Å². The van der Waals surface area contributed by atoms with Crippen LogP contribution in [0.1, 0.15) is 45.0 Å². The van der Waals surface area contributed by atoms with E-state index in [0.29, 0.717) is 33.0 Å². The second-order valence-corrected chi connectivity index (χ2v) is 14.4. The van der Waals surface area contributed by atoms with Gasteiger partial charge < -0.3 is 34.3 Å². The molecule has 0 bridgehead atoms. The van der Waals surface area contributed by atoms with Gasteiger partial charge in [-0.2, -0.15) is 35.9 Å². The van der Waals surface area contributed by atoms with Crippen molar-refractivity contribution >= 4 is 6.03 Å². The third kappa shape index (κ3) is 14.6. The fourth-order valence-corrected chi connectivity index (χ4v) is 6.71. The number of carbonyl (C=O) groups is 1. The van der Waals surface area contributed by atoms with Gasteiger partial charge in [0.15, 0.2) is 6.03 Å². The van der Waals surface area contributed by atoms with Gasteiger partial charge >= 0.3 is 0 Å². The molecule has 0 aromatic heterocycles. The van der Waals surface area contributed by atoms with Crippen molar-refractivity contribution in [1.82, 2.24) is 4.90 Å². The number of hydrogen-bond donors (Lipinski definition) is 0. The molecule has 303 valence electrons. The number of nitrogens with one attached hydrogen (secondary N) is 1. The normalized spacial score (nSPS) is 18.4. The van der Waals surface area contributed by atoms with Crippen LogP contribution in [0, 0.1) is 6.07 Å². The molecule has 0 aliphatic carbocycles. The van der Waals surface area contributed by atoms with Crippen LogP contribution >= 0.6 is 0 Å². The van der Waals surface area contributed by atoms with E-state index in [-0.39, 0.29) is 32.7 Å². The molecular formula is C50H52N2O6Y-2. The van der Waals surface area contributed by atoms with Crippen molar-refractivity contribution in [2.45, 2.75) is 63.4 Å². The van der Waals surface area contributed by atoms with Gasteiger partial charge in [0.25, 0.3) is 0 Å². The number of urea groups is 1. The Labute approximate surface area is 374 Å². The molecule has 1 heterocycles. The molecule has 1 unspecified atom stereocenters. The summed E-state index contributed by atoms with van der Waals surface area (Å²) in [6.45, 7) is 1.98. The maximum absolute atomic E-state index is 9.74. The Morgan fingerprint density at radius 2 is 1.02 bits per heavy atom. The Morgan fingerprint density at radius 1 is 0.576 bits per heavy atom. The van der Waals surface area contributed by atoms with E-state index in [1.807, 2.05) is 84.9 Å². The van der Waals surface area contributed by atoms with E-state index >= 15 is 0 Å². The predicted molar refractivity (Wildman–Crippen MR) is 227 cm³/mol. The molecule has 8 nitrogen and oxygen atoms in total. The molecule has 0 spiro atoms. The average molecular weight is 866 g/mol. The van der Waals surface area contributed by atoms with E-state index in [1.165, 1.54) is 30.1 Å². The minimum absolute atomic E-state index is 0. The largest absolute Gasteiger partial charge is 0.447 e. The minimum Gasteiger partial charge on any atom is -0.447 e. The summed E-state index contributed by atoms with van der Waals surface area (Å²) in [7, 11) is 3.07. The second-order valence-electron chi connectivity index (χ2n) is 14.4. The molecule has 2 amide bonds. The molecule has 7 rings (SSSR count). The molecule has 1 aliphatic rings. The predicted octanol–water partition coefficient (Wildman–Crippen LogP) is 10.2. The number of nitrogens with zero attached hydrogens (tertiary/aromatic N) is 1. The maximum atomic E-state index is 9.74. The summed E-state index contributed by atoms with van der Waals surface area (Å²) in [6, 6.07) is 60.2. The standard InChI is InChI=1S/C47H45O5.C3H8N2O.Y/c1-6-17-36(18-7-1)29-41-27-16-28-42(30-41)44-46(50-33-39-23-12-4-13-24-39)47(51-34-40-25-14-5-15-26-40)45(49-32-38-21-10-3-11-22-38)43(52-44)35-48-31-37-19-8-2-9-20-37;1-5(2)3(4)6;/h2-28,30,43-47H,29,31-35H2;1-2H3,(H2,4,6);/q-1;;/p-1/t43-,44+,45?,46+,47+;;/m1../s1. The smallest absolute Gasteiger partial charge is 0.152 e. The summed E-state index contributed by atoms with van der Waals surface area (Å²) >= 11 is 0. The minimum atomic E-state index is -0.657. The number of hydrogen-bond acceptors (Lipinski definition) is 6. The van der Waals surface area contributed by atoms with Gasteiger partial charge in [0.05, 0.1) is 33.0 Å². The Bertz CT molecular complexity index is 2060. The Balaban J connectivity index is 0.000000880. The first kappa shape index (κ1) is 45.6. The molecule has 0 saturated carbocycles. The number of amides is 2. The first-order valence-electron chi connectivity index (χ1n) is 19.6. The van der Waals surface area contributed by atoms with Crippen molar-refractivity contribution in [3.05, 3.63) is 221 Å². The van der Waals surface area contributed by atoms with Gasteiger partial charge in [0.2, 0.25) is 0 Å². The SMILES string of the molecule is CN(C)C([NH-])=O.[Y].[c-]1ccc(Cc2cccc([C@@H]3O[C@H](COCc4ccccc4)C(OCc4ccccc4)[C@H](OCc4ccccc4)[C@H]3OCc3ccccc3)c2)cc1. The van der Waals surface area contributed by atoms with Crippen molar-refractivity contribution < 1.29 is 61.2 Å². The Kier molecular flexibility index (Phi) is 19.0. The molecule has 9 heteroatoms. The van der Waals surface area contributed by atoms with E-state index in [0.717, 1.165) is 34.2 Å². The van der Waals surface area contributed by atoms with E-state index < -0.39 is 36.6 Å². The first-order valence-corrected chi connectivity index (χ1v) is 19.6. The van der Waals surface area contributed by atoms with Gasteiger partial charge in [-0.3, -0.25) is 4.79 Å². The van der Waals surface area contributed by atoms with Crippen molar-refractivity contribution in [2.75, 3.05) is 20.7 Å². The van der Waals surface area contributed by atoms with Crippen LogP contribution in [0.2, 0.25) is 0 Å². The molecule has 6 aromatic carbocycles.